The van der Waals surface area contributed by atoms with Crippen molar-refractivity contribution in [1.82, 2.24) is 20.6 Å². The zero-order valence-electron chi connectivity index (χ0n) is 8.52. The number of nitrogens with zero attached hydrogens (tertiary/aromatic N) is 2. The first-order chi connectivity index (χ1) is 7.81. The predicted octanol–water partition coefficient (Wildman–Crippen LogP) is 1.31. The van der Waals surface area contributed by atoms with Gasteiger partial charge in [0.1, 0.15) is 12.2 Å². The number of nitrogens with one attached hydrogen (secondary N) is 2. The third kappa shape index (κ3) is 2.46. The standard InChI is InChI=1S/C10H12BrN5/c11-8-4-2-1-3-7(8)5-9(15-12)10-13-6-14-16-10/h1-4,6,9,15H,5,12H2,(H,13,14,16). The first-order valence-electron chi connectivity index (χ1n) is 4.86. The minimum Gasteiger partial charge on any atom is -0.271 e. The van der Waals surface area contributed by atoms with Crippen LogP contribution in [0.15, 0.2) is 35.1 Å². The molecule has 84 valence electrons. The fourth-order valence-electron chi connectivity index (χ4n) is 1.50. The van der Waals surface area contributed by atoms with Crippen LogP contribution in [-0.4, -0.2) is 15.2 Å². The Bertz CT molecular complexity index is 442. The molecule has 2 rings (SSSR count). The SMILES string of the molecule is NNC(Cc1ccccc1Br)c1ncn[nH]1. The van der Waals surface area contributed by atoms with E-state index in [-0.39, 0.29) is 6.04 Å². The van der Waals surface area contributed by atoms with E-state index < -0.39 is 0 Å². The molecule has 0 radical (unpaired) electrons. The predicted molar refractivity (Wildman–Crippen MR) is 64.3 cm³/mol. The first kappa shape index (κ1) is 11.3. The molecule has 2 aromatic rings. The van der Waals surface area contributed by atoms with E-state index in [1.165, 1.54) is 11.9 Å². The summed E-state index contributed by atoms with van der Waals surface area (Å²) in [7, 11) is 0. The van der Waals surface area contributed by atoms with Crippen molar-refractivity contribution >= 4 is 15.9 Å². The molecule has 1 atom stereocenters. The number of rotatable bonds is 4. The van der Waals surface area contributed by atoms with Crippen LogP contribution in [0.5, 0.6) is 0 Å². The number of benzene rings is 1. The van der Waals surface area contributed by atoms with Gasteiger partial charge in [-0.25, -0.2) is 10.4 Å². The summed E-state index contributed by atoms with van der Waals surface area (Å²) in [5, 5.41) is 6.62. The van der Waals surface area contributed by atoms with E-state index in [9.17, 15) is 0 Å². The molecule has 1 aromatic carbocycles. The van der Waals surface area contributed by atoms with E-state index in [1.807, 2.05) is 24.3 Å². The molecule has 6 heteroatoms. The number of hydrogen-bond donors (Lipinski definition) is 3. The van der Waals surface area contributed by atoms with Gasteiger partial charge in [0.05, 0.1) is 6.04 Å². The number of hydrogen-bond acceptors (Lipinski definition) is 4. The van der Waals surface area contributed by atoms with Gasteiger partial charge in [0.15, 0.2) is 0 Å². The monoisotopic (exact) mass is 281 g/mol. The smallest absolute Gasteiger partial charge is 0.143 e. The molecule has 0 amide bonds. The number of aromatic nitrogens is 3. The van der Waals surface area contributed by atoms with Crippen LogP contribution in [0.25, 0.3) is 0 Å². The Hall–Kier alpha value is -1.24. The summed E-state index contributed by atoms with van der Waals surface area (Å²) in [5.74, 6) is 6.24. The summed E-state index contributed by atoms with van der Waals surface area (Å²) in [6.45, 7) is 0. The lowest BCUT2D eigenvalue weighted by Crippen LogP contribution is -2.30. The Balaban J connectivity index is 2.17. The van der Waals surface area contributed by atoms with Gasteiger partial charge in [0.2, 0.25) is 0 Å². The highest BCUT2D eigenvalue weighted by atomic mass is 79.9. The van der Waals surface area contributed by atoms with Gasteiger partial charge in [-0.15, -0.1) is 0 Å². The van der Waals surface area contributed by atoms with Gasteiger partial charge in [0, 0.05) is 4.47 Å². The molecular formula is C10H12BrN5. The van der Waals surface area contributed by atoms with E-state index in [2.05, 4.69) is 36.5 Å². The largest absolute Gasteiger partial charge is 0.271 e. The lowest BCUT2D eigenvalue weighted by molar-refractivity contribution is 0.524. The van der Waals surface area contributed by atoms with Gasteiger partial charge >= 0.3 is 0 Å². The molecular weight excluding hydrogens is 270 g/mol. The second-order valence-electron chi connectivity index (χ2n) is 3.39. The molecule has 0 spiro atoms. The Kier molecular flexibility index (Phi) is 3.66. The number of halogens is 1. The molecule has 1 aromatic heterocycles. The van der Waals surface area contributed by atoms with Crippen molar-refractivity contribution in [1.29, 1.82) is 0 Å². The van der Waals surface area contributed by atoms with Gasteiger partial charge < -0.3 is 0 Å². The van der Waals surface area contributed by atoms with Gasteiger partial charge in [0.25, 0.3) is 0 Å². The lowest BCUT2D eigenvalue weighted by Gasteiger charge is -2.13. The van der Waals surface area contributed by atoms with Crippen LogP contribution in [0, 0.1) is 0 Å². The van der Waals surface area contributed by atoms with Crippen molar-refractivity contribution in [2.45, 2.75) is 12.5 Å². The maximum atomic E-state index is 5.51. The summed E-state index contributed by atoms with van der Waals surface area (Å²) >= 11 is 3.50. The summed E-state index contributed by atoms with van der Waals surface area (Å²) < 4.78 is 1.06. The molecule has 0 aliphatic carbocycles. The van der Waals surface area contributed by atoms with Crippen molar-refractivity contribution in [3.8, 4) is 0 Å². The van der Waals surface area contributed by atoms with E-state index in [4.69, 9.17) is 5.84 Å². The zero-order valence-corrected chi connectivity index (χ0v) is 10.1. The van der Waals surface area contributed by atoms with Crippen molar-refractivity contribution in [2.24, 2.45) is 5.84 Å². The van der Waals surface area contributed by atoms with Crippen LogP contribution in [0.2, 0.25) is 0 Å². The molecule has 16 heavy (non-hydrogen) atoms. The Labute approximate surface area is 102 Å². The molecule has 0 saturated heterocycles. The number of nitrogens with two attached hydrogens (primary N) is 1. The van der Waals surface area contributed by atoms with Crippen molar-refractivity contribution < 1.29 is 0 Å². The average Bonchev–Trinajstić information content (AvgIpc) is 2.81. The average molecular weight is 282 g/mol. The van der Waals surface area contributed by atoms with Crippen LogP contribution in [0.4, 0.5) is 0 Å². The number of aromatic amines is 1. The van der Waals surface area contributed by atoms with Gasteiger partial charge in [-0.2, -0.15) is 5.10 Å². The minimum absolute atomic E-state index is 0.0683. The Morgan fingerprint density at radius 3 is 2.88 bits per heavy atom. The summed E-state index contributed by atoms with van der Waals surface area (Å²) in [6, 6.07) is 7.95. The van der Waals surface area contributed by atoms with Crippen molar-refractivity contribution in [2.75, 3.05) is 0 Å². The molecule has 0 aliphatic heterocycles. The maximum Gasteiger partial charge on any atom is 0.143 e. The van der Waals surface area contributed by atoms with Crippen LogP contribution in [0.3, 0.4) is 0 Å². The first-order valence-corrected chi connectivity index (χ1v) is 5.65. The molecule has 1 unspecified atom stereocenters. The molecule has 0 bridgehead atoms. The summed E-state index contributed by atoms with van der Waals surface area (Å²) in [4.78, 5) is 4.09. The second-order valence-corrected chi connectivity index (χ2v) is 4.24. The summed E-state index contributed by atoms with van der Waals surface area (Å²) in [5.41, 5.74) is 3.89. The third-order valence-corrected chi connectivity index (χ3v) is 3.12. The van der Waals surface area contributed by atoms with E-state index in [0.717, 1.165) is 16.7 Å². The van der Waals surface area contributed by atoms with Gasteiger partial charge in [-0.05, 0) is 18.1 Å². The Morgan fingerprint density at radius 1 is 1.44 bits per heavy atom. The highest BCUT2D eigenvalue weighted by molar-refractivity contribution is 9.10. The highest BCUT2D eigenvalue weighted by Crippen LogP contribution is 2.21. The maximum absolute atomic E-state index is 5.51. The fourth-order valence-corrected chi connectivity index (χ4v) is 1.95. The molecule has 5 nitrogen and oxygen atoms in total. The third-order valence-electron chi connectivity index (χ3n) is 2.35. The van der Waals surface area contributed by atoms with Crippen LogP contribution in [-0.2, 0) is 6.42 Å². The topological polar surface area (TPSA) is 79.6 Å². The van der Waals surface area contributed by atoms with Crippen LogP contribution in [0.1, 0.15) is 17.4 Å². The number of hydrazine groups is 1. The van der Waals surface area contributed by atoms with Crippen molar-refractivity contribution in [3.05, 3.63) is 46.5 Å². The Morgan fingerprint density at radius 2 is 2.25 bits per heavy atom. The molecule has 0 fully saturated rings. The highest BCUT2D eigenvalue weighted by Gasteiger charge is 2.14. The quantitative estimate of drug-likeness (QED) is 0.583. The molecule has 0 saturated carbocycles. The van der Waals surface area contributed by atoms with E-state index in [1.54, 1.807) is 0 Å². The van der Waals surface area contributed by atoms with Gasteiger partial charge in [-0.3, -0.25) is 10.9 Å². The number of H-pyrrole nitrogens is 1. The molecule has 1 heterocycles. The van der Waals surface area contributed by atoms with Crippen LogP contribution >= 0.6 is 15.9 Å². The lowest BCUT2D eigenvalue weighted by atomic mass is 10.1. The van der Waals surface area contributed by atoms with Gasteiger partial charge in [-0.1, -0.05) is 34.1 Å². The molecule has 0 aliphatic rings. The van der Waals surface area contributed by atoms with Crippen molar-refractivity contribution in [3.63, 3.8) is 0 Å². The second kappa shape index (κ2) is 5.20. The summed E-state index contributed by atoms with van der Waals surface area (Å²) in [6.07, 6.45) is 2.22. The van der Waals surface area contributed by atoms with Crippen LogP contribution < -0.4 is 11.3 Å². The minimum atomic E-state index is -0.0683. The zero-order chi connectivity index (χ0) is 11.4. The van der Waals surface area contributed by atoms with E-state index in [0.29, 0.717) is 0 Å². The van der Waals surface area contributed by atoms with E-state index >= 15 is 0 Å². The molecule has 4 N–H and O–H groups in total. The fraction of sp³-hybridized carbons (Fsp3) is 0.200. The normalized spacial score (nSPS) is 12.6.